The van der Waals surface area contributed by atoms with Crippen LogP contribution in [0.5, 0.6) is 0 Å². The number of imidazole rings is 1. The highest BCUT2D eigenvalue weighted by molar-refractivity contribution is 7.98. The van der Waals surface area contributed by atoms with E-state index in [1.807, 2.05) is 48.5 Å². The first-order valence-corrected chi connectivity index (χ1v) is 10.5. The summed E-state index contributed by atoms with van der Waals surface area (Å²) in [4.78, 5) is 17.5. The molecule has 0 fully saturated rings. The van der Waals surface area contributed by atoms with E-state index >= 15 is 0 Å². The molecule has 0 bridgehead atoms. The number of H-pyrrole nitrogens is 1. The van der Waals surface area contributed by atoms with Crippen molar-refractivity contribution in [1.29, 1.82) is 0 Å². The van der Waals surface area contributed by atoms with Crippen molar-refractivity contribution < 1.29 is 4.39 Å². The lowest BCUT2D eigenvalue weighted by atomic mass is 10.1. The Morgan fingerprint density at radius 1 is 0.767 bits per heavy atom. The van der Waals surface area contributed by atoms with E-state index in [0.29, 0.717) is 16.7 Å². The largest absolute Gasteiger partial charge is 0.337 e. The average Bonchev–Trinajstić information content (AvgIpc) is 3.23. The molecule has 5 aromatic rings. The van der Waals surface area contributed by atoms with E-state index in [1.54, 1.807) is 23.9 Å². The minimum absolute atomic E-state index is 0.274. The van der Waals surface area contributed by atoms with E-state index in [0.717, 1.165) is 28.0 Å². The molecule has 30 heavy (non-hydrogen) atoms. The molecule has 146 valence electrons. The molecular formula is C24H17FN4S. The fourth-order valence-corrected chi connectivity index (χ4v) is 3.99. The van der Waals surface area contributed by atoms with Crippen molar-refractivity contribution in [3.05, 3.63) is 96.3 Å². The molecule has 0 saturated carbocycles. The summed E-state index contributed by atoms with van der Waals surface area (Å²) in [6, 6.07) is 26.3. The summed E-state index contributed by atoms with van der Waals surface area (Å²) in [5.41, 5.74) is 5.30. The number of nitrogens with one attached hydrogen (secondary N) is 1. The molecule has 0 aliphatic carbocycles. The number of hydrogen-bond acceptors (Lipinski definition) is 4. The Morgan fingerprint density at radius 2 is 1.50 bits per heavy atom. The third-order valence-electron chi connectivity index (χ3n) is 4.69. The smallest absolute Gasteiger partial charge is 0.189 e. The first kappa shape index (κ1) is 18.5. The molecule has 0 unspecified atom stereocenters. The van der Waals surface area contributed by atoms with Crippen LogP contribution >= 0.6 is 11.8 Å². The van der Waals surface area contributed by atoms with Gasteiger partial charge >= 0.3 is 0 Å². The predicted octanol–water partition coefficient (Wildman–Crippen LogP) is 6.12. The van der Waals surface area contributed by atoms with Crippen LogP contribution in [0.3, 0.4) is 0 Å². The Hall–Kier alpha value is -3.51. The van der Waals surface area contributed by atoms with Crippen LogP contribution in [0, 0.1) is 5.82 Å². The van der Waals surface area contributed by atoms with Crippen molar-refractivity contribution in [3.63, 3.8) is 0 Å². The number of aromatic nitrogens is 4. The molecule has 0 spiro atoms. The molecule has 6 heteroatoms. The number of thioether (sulfide) groups is 1. The fraction of sp³-hybridized carbons (Fsp3) is 0.0417. The number of rotatable bonds is 5. The van der Waals surface area contributed by atoms with Crippen molar-refractivity contribution in [2.45, 2.75) is 10.9 Å². The van der Waals surface area contributed by atoms with Gasteiger partial charge in [-0.1, -0.05) is 54.2 Å². The summed E-state index contributed by atoms with van der Waals surface area (Å²) >= 11 is 1.56. The Balaban J connectivity index is 1.56. The number of fused-ring (bicyclic) bond motifs is 1. The van der Waals surface area contributed by atoms with Gasteiger partial charge in [-0.2, -0.15) is 0 Å². The summed E-state index contributed by atoms with van der Waals surface area (Å²) in [5, 5.41) is 0.649. The second kappa shape index (κ2) is 8.08. The van der Waals surface area contributed by atoms with Gasteiger partial charge in [0.15, 0.2) is 11.0 Å². The molecule has 0 aliphatic rings. The summed E-state index contributed by atoms with van der Waals surface area (Å²) in [7, 11) is 0. The van der Waals surface area contributed by atoms with Gasteiger partial charge in [-0.3, -0.25) is 0 Å². The Morgan fingerprint density at radius 3 is 2.30 bits per heavy atom. The van der Waals surface area contributed by atoms with Gasteiger partial charge in [0, 0.05) is 11.3 Å². The number of benzene rings is 3. The van der Waals surface area contributed by atoms with E-state index in [-0.39, 0.29) is 5.82 Å². The zero-order chi connectivity index (χ0) is 20.3. The monoisotopic (exact) mass is 412 g/mol. The van der Waals surface area contributed by atoms with Crippen molar-refractivity contribution in [2.24, 2.45) is 0 Å². The second-order valence-corrected chi connectivity index (χ2v) is 7.75. The maximum atomic E-state index is 13.4. The van der Waals surface area contributed by atoms with Gasteiger partial charge in [0.1, 0.15) is 11.5 Å². The number of halogens is 1. The quantitative estimate of drug-likeness (QED) is 0.279. The van der Waals surface area contributed by atoms with Gasteiger partial charge in [-0.15, -0.1) is 0 Å². The van der Waals surface area contributed by atoms with Crippen LogP contribution in [-0.2, 0) is 5.75 Å². The van der Waals surface area contributed by atoms with E-state index < -0.39 is 0 Å². The molecule has 2 heterocycles. The van der Waals surface area contributed by atoms with Crippen LogP contribution < -0.4 is 0 Å². The maximum absolute atomic E-state index is 13.4. The minimum atomic E-state index is -0.274. The van der Waals surface area contributed by atoms with Crippen LogP contribution in [0.4, 0.5) is 4.39 Å². The SMILES string of the molecule is Fc1ccc(-c2cc(-c3nc4ccccc4[nH]3)nc(SCc3ccccc3)n2)cc1. The van der Waals surface area contributed by atoms with Crippen LogP contribution in [-0.4, -0.2) is 19.9 Å². The van der Waals surface area contributed by atoms with Gasteiger partial charge in [0.05, 0.1) is 16.7 Å². The molecule has 3 aromatic carbocycles. The molecule has 0 radical (unpaired) electrons. The lowest BCUT2D eigenvalue weighted by Crippen LogP contribution is -1.96. The van der Waals surface area contributed by atoms with Crippen LogP contribution in [0.2, 0.25) is 0 Å². The third-order valence-corrected chi connectivity index (χ3v) is 5.61. The fourth-order valence-electron chi connectivity index (χ4n) is 3.18. The molecular weight excluding hydrogens is 395 g/mol. The van der Waals surface area contributed by atoms with E-state index in [1.165, 1.54) is 17.7 Å². The first-order valence-electron chi connectivity index (χ1n) is 9.51. The second-order valence-electron chi connectivity index (χ2n) is 6.80. The predicted molar refractivity (Wildman–Crippen MR) is 119 cm³/mol. The zero-order valence-corrected chi connectivity index (χ0v) is 16.7. The van der Waals surface area contributed by atoms with Crippen LogP contribution in [0.15, 0.2) is 90.1 Å². The average molecular weight is 412 g/mol. The maximum Gasteiger partial charge on any atom is 0.189 e. The third kappa shape index (κ3) is 3.95. The van der Waals surface area contributed by atoms with E-state index in [4.69, 9.17) is 9.97 Å². The lowest BCUT2D eigenvalue weighted by molar-refractivity contribution is 0.628. The Kier molecular flexibility index (Phi) is 4.99. The first-order chi connectivity index (χ1) is 14.7. The Bertz CT molecular complexity index is 1270. The molecule has 0 saturated heterocycles. The van der Waals surface area contributed by atoms with E-state index in [9.17, 15) is 4.39 Å². The van der Waals surface area contributed by atoms with Crippen molar-refractivity contribution in [2.75, 3.05) is 0 Å². The molecule has 0 amide bonds. The summed E-state index contributed by atoms with van der Waals surface area (Å²) < 4.78 is 13.4. The standard InChI is InChI=1S/C24H17FN4S/c25-18-12-10-17(11-13-18)21-14-22(23-26-19-8-4-5-9-20(19)27-23)29-24(28-21)30-15-16-6-2-1-3-7-16/h1-14H,15H2,(H,26,27). The zero-order valence-electron chi connectivity index (χ0n) is 15.9. The molecule has 2 aromatic heterocycles. The summed E-state index contributed by atoms with van der Waals surface area (Å²) in [6.07, 6.45) is 0. The Labute approximate surface area is 177 Å². The number of nitrogens with zero attached hydrogens (tertiary/aromatic N) is 3. The highest BCUT2D eigenvalue weighted by Gasteiger charge is 2.13. The van der Waals surface area contributed by atoms with Gasteiger partial charge in [-0.05, 0) is 48.0 Å². The van der Waals surface area contributed by atoms with Crippen molar-refractivity contribution in [1.82, 2.24) is 19.9 Å². The summed E-state index contributed by atoms with van der Waals surface area (Å²) in [6.45, 7) is 0. The van der Waals surface area contributed by atoms with E-state index in [2.05, 4.69) is 22.1 Å². The lowest BCUT2D eigenvalue weighted by Gasteiger charge is -2.07. The molecule has 1 N–H and O–H groups in total. The number of aromatic amines is 1. The minimum Gasteiger partial charge on any atom is -0.337 e. The van der Waals surface area contributed by atoms with Crippen molar-refractivity contribution >= 4 is 22.8 Å². The number of hydrogen-bond donors (Lipinski definition) is 1. The van der Waals surface area contributed by atoms with Crippen LogP contribution in [0.25, 0.3) is 33.8 Å². The molecule has 5 rings (SSSR count). The van der Waals surface area contributed by atoms with Crippen molar-refractivity contribution in [3.8, 4) is 22.8 Å². The topological polar surface area (TPSA) is 54.5 Å². The molecule has 0 atom stereocenters. The number of para-hydroxylation sites is 2. The van der Waals surface area contributed by atoms with Gasteiger partial charge in [0.25, 0.3) is 0 Å². The van der Waals surface area contributed by atoms with Gasteiger partial charge < -0.3 is 4.98 Å². The van der Waals surface area contributed by atoms with Crippen LogP contribution in [0.1, 0.15) is 5.56 Å². The molecule has 4 nitrogen and oxygen atoms in total. The highest BCUT2D eigenvalue weighted by atomic mass is 32.2. The van der Waals surface area contributed by atoms with Gasteiger partial charge in [-0.25, -0.2) is 19.3 Å². The normalized spacial score (nSPS) is 11.1. The summed E-state index contributed by atoms with van der Waals surface area (Å²) in [5.74, 6) is 1.17. The van der Waals surface area contributed by atoms with Gasteiger partial charge in [0.2, 0.25) is 0 Å². The highest BCUT2D eigenvalue weighted by Crippen LogP contribution is 2.28. The molecule has 0 aliphatic heterocycles.